The van der Waals surface area contributed by atoms with E-state index in [4.69, 9.17) is 0 Å². The number of amides is 2. The fourth-order valence-corrected chi connectivity index (χ4v) is 3.24. The Morgan fingerprint density at radius 2 is 2.04 bits per heavy atom. The van der Waals surface area contributed by atoms with Crippen molar-refractivity contribution in [1.29, 1.82) is 0 Å². The number of aromatic nitrogens is 1. The molecule has 2 amide bonds. The van der Waals surface area contributed by atoms with Gasteiger partial charge in [0.15, 0.2) is 0 Å². The predicted molar refractivity (Wildman–Crippen MR) is 119 cm³/mol. The molecule has 0 spiro atoms. The maximum absolute atomic E-state index is 11.9. The molecule has 0 radical (unpaired) electrons. The molecule has 142 valence electrons. The summed E-state index contributed by atoms with van der Waals surface area (Å²) in [5.74, 6) is 0.550. The topological polar surface area (TPSA) is 54.0 Å². The third kappa shape index (κ3) is 3.96. The zero-order valence-electron chi connectivity index (χ0n) is 16.5. The van der Waals surface area contributed by atoms with E-state index in [1.807, 2.05) is 32.1 Å². The van der Waals surface area contributed by atoms with E-state index >= 15 is 0 Å². The number of fused-ring (bicyclic) bond motifs is 1. The molecular formula is C24H25N3O. The maximum Gasteiger partial charge on any atom is 0.320 e. The van der Waals surface area contributed by atoms with Crippen molar-refractivity contribution in [2.75, 3.05) is 11.9 Å². The highest BCUT2D eigenvalue weighted by Crippen LogP contribution is 2.31. The molecule has 28 heavy (non-hydrogen) atoms. The van der Waals surface area contributed by atoms with Crippen molar-refractivity contribution in [3.63, 3.8) is 0 Å². The first-order chi connectivity index (χ1) is 13.6. The lowest BCUT2D eigenvalue weighted by molar-refractivity contribution is 0.252. The number of carbonyl (C=O) groups excluding carboxylic acids is 1. The molecule has 4 heteroatoms. The number of rotatable bonds is 5. The second-order valence-corrected chi connectivity index (χ2v) is 6.59. The molecule has 0 saturated carbocycles. The minimum Gasteiger partial charge on any atom is -0.338 e. The summed E-state index contributed by atoms with van der Waals surface area (Å²) in [5, 5.41) is 7.64. The maximum atomic E-state index is 11.9. The number of urea groups is 1. The summed E-state index contributed by atoms with van der Waals surface area (Å²) in [4.78, 5) is 16.4. The van der Waals surface area contributed by atoms with Gasteiger partial charge < -0.3 is 5.32 Å². The van der Waals surface area contributed by atoms with E-state index in [2.05, 4.69) is 65.5 Å². The zero-order chi connectivity index (χ0) is 20.1. The van der Waals surface area contributed by atoms with Gasteiger partial charge in [0.05, 0.1) is 0 Å². The lowest BCUT2D eigenvalue weighted by atomic mass is 9.95. The highest BCUT2D eigenvalue weighted by molar-refractivity contribution is 6.00. The van der Waals surface area contributed by atoms with Crippen LogP contribution >= 0.6 is 0 Å². The lowest BCUT2D eigenvalue weighted by Crippen LogP contribution is -2.28. The standard InChI is InChI=1S/C24H25N3O/c1-5-8-21-20-12-11-18(22-13-17(6-2)10-9-16(22)4)14-19(20)15-26-23(21)27-24(28)25-7-3/h5-6,8-15H,2,7H2,1,3-4H3,(H2,25,26,27,28). The molecule has 4 nitrogen and oxygen atoms in total. The van der Waals surface area contributed by atoms with Crippen molar-refractivity contribution in [2.45, 2.75) is 20.8 Å². The SMILES string of the molecule is C=Cc1ccc(C)c(-c2ccc3c(C=CC)c(NC(=O)NCC)ncc3c2)c1. The van der Waals surface area contributed by atoms with E-state index in [1.165, 1.54) is 11.1 Å². The first-order valence-electron chi connectivity index (χ1n) is 9.41. The van der Waals surface area contributed by atoms with Gasteiger partial charge in [-0.3, -0.25) is 5.32 Å². The van der Waals surface area contributed by atoms with Gasteiger partial charge in [-0.2, -0.15) is 0 Å². The Morgan fingerprint density at radius 3 is 2.75 bits per heavy atom. The van der Waals surface area contributed by atoms with E-state index in [9.17, 15) is 4.79 Å². The van der Waals surface area contributed by atoms with Gasteiger partial charge in [-0.25, -0.2) is 9.78 Å². The van der Waals surface area contributed by atoms with Gasteiger partial charge in [0.1, 0.15) is 5.82 Å². The fourth-order valence-electron chi connectivity index (χ4n) is 3.24. The monoisotopic (exact) mass is 371 g/mol. The van der Waals surface area contributed by atoms with Crippen molar-refractivity contribution >= 4 is 34.8 Å². The first kappa shape index (κ1) is 19.4. The molecule has 3 aromatic rings. The van der Waals surface area contributed by atoms with Crippen LogP contribution in [0.25, 0.3) is 34.1 Å². The summed E-state index contributed by atoms with van der Waals surface area (Å²) >= 11 is 0. The van der Waals surface area contributed by atoms with Gasteiger partial charge in [-0.15, -0.1) is 0 Å². The van der Waals surface area contributed by atoms with Crippen LogP contribution in [0.1, 0.15) is 30.5 Å². The lowest BCUT2D eigenvalue weighted by Gasteiger charge is -2.13. The minimum absolute atomic E-state index is 0.256. The second kappa shape index (κ2) is 8.53. The molecule has 2 aromatic carbocycles. The molecule has 2 N–H and O–H groups in total. The van der Waals surface area contributed by atoms with Crippen molar-refractivity contribution < 1.29 is 4.79 Å². The number of nitrogens with zero attached hydrogens (tertiary/aromatic N) is 1. The molecule has 0 saturated heterocycles. The molecule has 1 aromatic heterocycles. The summed E-state index contributed by atoms with van der Waals surface area (Å²) < 4.78 is 0. The molecule has 0 fully saturated rings. The van der Waals surface area contributed by atoms with Crippen LogP contribution in [0.15, 0.2) is 55.3 Å². The smallest absolute Gasteiger partial charge is 0.320 e. The van der Waals surface area contributed by atoms with Crippen LogP contribution in [0.2, 0.25) is 0 Å². The summed E-state index contributed by atoms with van der Waals surface area (Å²) in [6, 6.07) is 12.4. The minimum atomic E-state index is -0.256. The highest BCUT2D eigenvalue weighted by atomic mass is 16.2. The van der Waals surface area contributed by atoms with Crippen molar-refractivity contribution in [3.8, 4) is 11.1 Å². The van der Waals surface area contributed by atoms with E-state index in [0.717, 1.165) is 27.5 Å². The number of hydrogen-bond donors (Lipinski definition) is 2. The van der Waals surface area contributed by atoms with Crippen LogP contribution in [-0.2, 0) is 0 Å². The molecule has 0 aliphatic carbocycles. The quantitative estimate of drug-likeness (QED) is 0.575. The molecule has 1 heterocycles. The van der Waals surface area contributed by atoms with Gasteiger partial charge in [-0.05, 0) is 60.5 Å². The Labute approximate surface area is 166 Å². The van der Waals surface area contributed by atoms with Crippen LogP contribution in [0.5, 0.6) is 0 Å². The van der Waals surface area contributed by atoms with Crippen LogP contribution in [0, 0.1) is 6.92 Å². The van der Waals surface area contributed by atoms with Gasteiger partial charge in [-0.1, -0.05) is 49.1 Å². The zero-order valence-corrected chi connectivity index (χ0v) is 16.5. The number of hydrogen-bond acceptors (Lipinski definition) is 2. The molecule has 0 bridgehead atoms. The van der Waals surface area contributed by atoms with Crippen LogP contribution < -0.4 is 10.6 Å². The number of anilines is 1. The number of carbonyl (C=O) groups is 1. The van der Waals surface area contributed by atoms with Crippen molar-refractivity contribution in [1.82, 2.24) is 10.3 Å². The highest BCUT2D eigenvalue weighted by Gasteiger charge is 2.11. The van der Waals surface area contributed by atoms with Crippen molar-refractivity contribution in [3.05, 3.63) is 71.9 Å². The number of pyridine rings is 1. The summed E-state index contributed by atoms with van der Waals surface area (Å²) in [6.07, 6.45) is 7.58. The molecule has 0 atom stereocenters. The van der Waals surface area contributed by atoms with E-state index in [-0.39, 0.29) is 6.03 Å². The number of aryl methyl sites for hydroxylation is 1. The molecule has 3 rings (SSSR count). The summed E-state index contributed by atoms with van der Waals surface area (Å²) in [6.45, 7) is 10.4. The van der Waals surface area contributed by atoms with Crippen LogP contribution in [0.3, 0.4) is 0 Å². The Hall–Kier alpha value is -3.40. The number of benzene rings is 2. The average molecular weight is 371 g/mol. The van der Waals surface area contributed by atoms with Gasteiger partial charge in [0.25, 0.3) is 0 Å². The van der Waals surface area contributed by atoms with Gasteiger partial charge >= 0.3 is 6.03 Å². The molecule has 0 aliphatic heterocycles. The Balaban J connectivity index is 2.11. The van der Waals surface area contributed by atoms with Crippen LogP contribution in [0.4, 0.5) is 10.6 Å². The van der Waals surface area contributed by atoms with E-state index in [1.54, 1.807) is 6.20 Å². The molecule has 0 unspecified atom stereocenters. The van der Waals surface area contributed by atoms with E-state index in [0.29, 0.717) is 12.4 Å². The number of allylic oxidation sites excluding steroid dienone is 1. The first-order valence-corrected chi connectivity index (χ1v) is 9.41. The molecular weight excluding hydrogens is 346 g/mol. The Bertz CT molecular complexity index is 1070. The second-order valence-electron chi connectivity index (χ2n) is 6.59. The summed E-state index contributed by atoms with van der Waals surface area (Å²) in [5.41, 5.74) is 5.51. The van der Waals surface area contributed by atoms with Crippen molar-refractivity contribution in [2.24, 2.45) is 0 Å². The third-order valence-electron chi connectivity index (χ3n) is 4.64. The van der Waals surface area contributed by atoms with E-state index < -0.39 is 0 Å². The Kier molecular flexibility index (Phi) is 5.90. The summed E-state index contributed by atoms with van der Waals surface area (Å²) in [7, 11) is 0. The third-order valence-corrected chi connectivity index (χ3v) is 4.64. The van der Waals surface area contributed by atoms with Gasteiger partial charge in [0.2, 0.25) is 0 Å². The fraction of sp³-hybridized carbons (Fsp3) is 0.167. The largest absolute Gasteiger partial charge is 0.338 e. The molecule has 0 aliphatic rings. The normalized spacial score (nSPS) is 11.0. The average Bonchev–Trinajstić information content (AvgIpc) is 2.70. The van der Waals surface area contributed by atoms with Crippen LogP contribution in [-0.4, -0.2) is 17.6 Å². The Morgan fingerprint density at radius 1 is 1.21 bits per heavy atom. The predicted octanol–water partition coefficient (Wildman–Crippen LogP) is 6.03. The number of nitrogens with one attached hydrogen (secondary N) is 2. The van der Waals surface area contributed by atoms with Gasteiger partial charge in [0, 0.05) is 23.7 Å².